The van der Waals surface area contributed by atoms with Gasteiger partial charge in [-0.2, -0.15) is 0 Å². The summed E-state index contributed by atoms with van der Waals surface area (Å²) in [6, 6.07) is 10.8. The number of carboxylic acids is 1. The number of hydrogen-bond donors (Lipinski definition) is 7. The summed E-state index contributed by atoms with van der Waals surface area (Å²) >= 11 is 2.97. The monoisotopic (exact) mass is 941 g/mol. The third kappa shape index (κ3) is 7.96. The number of benzene rings is 2. The van der Waals surface area contributed by atoms with E-state index in [-0.39, 0.29) is 42.3 Å². The number of rotatable bonds is 15. The van der Waals surface area contributed by atoms with Crippen LogP contribution in [-0.4, -0.2) is 110 Å². The van der Waals surface area contributed by atoms with Crippen LogP contribution in [0.1, 0.15) is 74.5 Å². The van der Waals surface area contributed by atoms with Gasteiger partial charge in [-0.3, -0.25) is 28.8 Å². The van der Waals surface area contributed by atoms with Gasteiger partial charge in [-0.25, -0.2) is 8.78 Å². The molecule has 1 aliphatic heterocycles. The highest BCUT2D eigenvalue weighted by Gasteiger charge is 2.80. The number of aliphatic hydroxyl groups excluding tert-OH is 3. The first-order valence-corrected chi connectivity index (χ1v) is 21.9. The summed E-state index contributed by atoms with van der Waals surface area (Å²) in [7, 11) is 0. The second-order valence-electron chi connectivity index (χ2n) is 17.5. The van der Waals surface area contributed by atoms with E-state index in [1.807, 2.05) is 0 Å². The predicted molar refractivity (Wildman–Crippen MR) is 223 cm³/mol. The van der Waals surface area contributed by atoms with Gasteiger partial charge in [0.1, 0.15) is 18.8 Å². The predicted octanol–water partition coefficient (Wildman–Crippen LogP) is 3.21. The number of aliphatic carboxylic acids is 1. The molecule has 3 saturated carbocycles. The van der Waals surface area contributed by atoms with E-state index in [0.29, 0.717) is 23.1 Å². The van der Waals surface area contributed by atoms with Crippen LogP contribution in [0.5, 0.6) is 0 Å². The van der Waals surface area contributed by atoms with Crippen LogP contribution in [0, 0.1) is 22.7 Å². The Morgan fingerprint density at radius 3 is 2.38 bits per heavy atom. The quantitative estimate of drug-likeness (QED) is 0.128. The first kappa shape index (κ1) is 46.3. The summed E-state index contributed by atoms with van der Waals surface area (Å²) in [6.45, 7) is 1.41. The highest BCUT2D eigenvalue weighted by atomic mass is 79.9. The minimum atomic E-state index is -2.37. The van der Waals surface area contributed by atoms with Crippen molar-refractivity contribution in [1.82, 2.24) is 10.6 Å². The number of Topliss-reactive ketones (excluding diaryl/α,β-unsaturated/α-hetero) is 1. The molecular formula is C45H50BrF2N3O12. The van der Waals surface area contributed by atoms with Crippen molar-refractivity contribution >= 4 is 56.9 Å². The van der Waals surface area contributed by atoms with Gasteiger partial charge >= 0.3 is 5.97 Å². The number of allylic oxidation sites excluding steroid dienone is 4. The van der Waals surface area contributed by atoms with Crippen LogP contribution in [0.2, 0.25) is 0 Å². The number of aliphatic hydroxyl groups is 3. The van der Waals surface area contributed by atoms with Crippen LogP contribution in [0.4, 0.5) is 14.5 Å². The van der Waals surface area contributed by atoms with Crippen molar-refractivity contribution < 1.29 is 67.4 Å². The highest BCUT2D eigenvalue weighted by Crippen LogP contribution is 2.72. The number of ether oxygens (including phenoxy) is 2. The normalized spacial score (nSPS) is 33.2. The topological polar surface area (TPSA) is 238 Å². The van der Waals surface area contributed by atoms with Gasteiger partial charge in [0.05, 0.1) is 30.7 Å². The molecule has 0 radical (unpaired) electrons. The smallest absolute Gasteiger partial charge is 0.303 e. The molecule has 7 rings (SSSR count). The molecule has 5 aliphatic rings. The van der Waals surface area contributed by atoms with Crippen molar-refractivity contribution in [3.63, 3.8) is 0 Å². The third-order valence-corrected chi connectivity index (χ3v) is 14.6. The van der Waals surface area contributed by atoms with Crippen molar-refractivity contribution in [1.29, 1.82) is 0 Å². The average Bonchev–Trinajstić information content (AvgIpc) is 3.76. The van der Waals surface area contributed by atoms with Gasteiger partial charge in [0.15, 0.2) is 29.1 Å². The van der Waals surface area contributed by atoms with Crippen LogP contribution >= 0.6 is 15.9 Å². The number of ketones is 2. The molecule has 11 atom stereocenters. The van der Waals surface area contributed by atoms with Gasteiger partial charge in [-0.1, -0.05) is 65.3 Å². The molecule has 0 spiro atoms. The zero-order valence-corrected chi connectivity index (χ0v) is 36.2. The molecule has 2 aromatic rings. The lowest BCUT2D eigenvalue weighted by Crippen LogP contribution is -2.70. The lowest BCUT2D eigenvalue weighted by molar-refractivity contribution is -0.235. The lowest BCUT2D eigenvalue weighted by Gasteiger charge is -2.63. The van der Waals surface area contributed by atoms with E-state index in [4.69, 9.17) is 9.47 Å². The molecule has 1 saturated heterocycles. The van der Waals surface area contributed by atoms with Crippen LogP contribution in [0.3, 0.4) is 0 Å². The van der Waals surface area contributed by atoms with Crippen LogP contribution in [0.15, 0.2) is 66.3 Å². The number of anilines is 1. The molecule has 4 aliphatic carbocycles. The third-order valence-electron chi connectivity index (χ3n) is 14.1. The Bertz CT molecular complexity index is 2260. The summed E-state index contributed by atoms with van der Waals surface area (Å²) < 4.78 is 46.8. The Labute approximate surface area is 369 Å². The molecule has 63 heavy (non-hydrogen) atoms. The van der Waals surface area contributed by atoms with E-state index in [1.165, 1.54) is 19.1 Å². The van der Waals surface area contributed by atoms with Crippen LogP contribution in [0.25, 0.3) is 0 Å². The maximum atomic E-state index is 17.7. The van der Waals surface area contributed by atoms with Crippen LogP contribution in [-0.2, 0) is 51.3 Å². The molecule has 15 nitrogen and oxygen atoms in total. The molecule has 0 bridgehead atoms. The molecule has 1 heterocycles. The molecule has 338 valence electrons. The first-order chi connectivity index (χ1) is 29.8. The number of halogens is 3. The zero-order chi connectivity index (χ0) is 45.6. The van der Waals surface area contributed by atoms with E-state index in [2.05, 4.69) is 31.9 Å². The molecule has 18 heteroatoms. The summed E-state index contributed by atoms with van der Waals surface area (Å²) in [5.74, 6) is -6.02. The fourth-order valence-electron chi connectivity index (χ4n) is 11.0. The number of fused-ring (bicyclic) bond motifs is 7. The second kappa shape index (κ2) is 17.7. The molecule has 4 fully saturated rings. The van der Waals surface area contributed by atoms with Gasteiger partial charge in [0.25, 0.3) is 0 Å². The van der Waals surface area contributed by atoms with E-state index in [1.54, 1.807) is 49.4 Å². The number of carbonyl (C=O) groups excluding carboxylic acids is 5. The molecule has 7 N–H and O–H groups in total. The SMILES string of the molecule is C[C@]12C=CC(=O)C=C1[C@@H](F)C[C@H]1[C@@H]3C[C@H]4O[C@@H](c5ccc(Cc6ccc(CO)c(NC(=O)[C@H](CCC(=O)O)NC(=O)CNC(=O)CBr)c6)cc5)O[C@@]4(C(=O)CO)[C@@]3(C)C[C@H](O)[C@@]12F. The van der Waals surface area contributed by atoms with Gasteiger partial charge in [-0.05, 0) is 79.9 Å². The first-order valence-electron chi connectivity index (χ1n) is 20.7. The number of carboxylic acid groups (broad SMARTS) is 1. The van der Waals surface area contributed by atoms with E-state index < -0.39 is 126 Å². The number of hydrogen-bond acceptors (Lipinski definition) is 11. The van der Waals surface area contributed by atoms with Gasteiger partial charge in [0.2, 0.25) is 17.7 Å². The number of amides is 3. The highest BCUT2D eigenvalue weighted by molar-refractivity contribution is 9.09. The summed E-state index contributed by atoms with van der Waals surface area (Å²) in [5.41, 5.74) is -4.47. The van der Waals surface area contributed by atoms with Crippen molar-refractivity contribution in [3.05, 3.63) is 88.5 Å². The fraction of sp³-hybridized carbons (Fsp3) is 0.511. The zero-order valence-electron chi connectivity index (χ0n) is 34.6. The van der Waals surface area contributed by atoms with Crippen molar-refractivity contribution in [2.75, 3.05) is 23.8 Å². The Hall–Kier alpha value is -4.72. The summed E-state index contributed by atoms with van der Waals surface area (Å²) in [5, 5.41) is 48.8. The minimum Gasteiger partial charge on any atom is -0.481 e. The Morgan fingerprint density at radius 2 is 1.71 bits per heavy atom. The second-order valence-corrected chi connectivity index (χ2v) is 18.1. The van der Waals surface area contributed by atoms with Crippen molar-refractivity contribution in [2.45, 2.75) is 101 Å². The summed E-state index contributed by atoms with van der Waals surface area (Å²) in [4.78, 5) is 74.9. The van der Waals surface area contributed by atoms with Gasteiger partial charge < -0.3 is 45.9 Å². The van der Waals surface area contributed by atoms with E-state index in [0.717, 1.165) is 11.6 Å². The molecule has 3 amide bonds. The molecule has 0 aromatic heterocycles. The van der Waals surface area contributed by atoms with Crippen molar-refractivity contribution in [3.8, 4) is 0 Å². The Morgan fingerprint density at radius 1 is 1.00 bits per heavy atom. The largest absolute Gasteiger partial charge is 0.481 e. The number of nitrogens with one attached hydrogen (secondary N) is 3. The van der Waals surface area contributed by atoms with Crippen LogP contribution < -0.4 is 16.0 Å². The maximum absolute atomic E-state index is 17.7. The average molecular weight is 943 g/mol. The fourth-order valence-corrected chi connectivity index (χ4v) is 11.2. The maximum Gasteiger partial charge on any atom is 0.303 e. The van der Waals surface area contributed by atoms with Gasteiger partial charge in [0, 0.05) is 40.0 Å². The Kier molecular flexibility index (Phi) is 13.0. The number of carbonyl (C=O) groups is 6. The standard InChI is InChI=1S/C45H50BrF2N3O12/c1-42-12-11-27(54)15-30(42)31(47)16-29-28-17-36-45(35(56)22-53,43(28,2)18-34(55)44(29,42)48)63-41(62-36)25-6-3-23(4-7-25)13-24-5-8-26(21-52)33(14-24)51-40(61)32(9-10-39(59)60)50-38(58)20-49-37(57)19-46/h3-8,11-12,14-15,28-29,31-32,34,36,41,52-53,55H,9-10,13,16-22H2,1-2H3,(H,49,57)(H,50,58)(H,51,61)(H,59,60)/t28-,29-,31-,32-,34-,36+,41+,42-,43-,44-,45+/m0/s1. The van der Waals surface area contributed by atoms with E-state index >= 15 is 8.78 Å². The van der Waals surface area contributed by atoms with E-state index in [9.17, 15) is 49.2 Å². The van der Waals surface area contributed by atoms with Crippen molar-refractivity contribution in [2.24, 2.45) is 22.7 Å². The number of alkyl halides is 3. The molecule has 0 unspecified atom stereocenters. The summed E-state index contributed by atoms with van der Waals surface area (Å²) in [6.07, 6.45) is -2.58. The minimum absolute atomic E-state index is 0.0162. The molecule has 2 aromatic carbocycles. The lowest BCUT2D eigenvalue weighted by atomic mass is 9.44. The molecular weight excluding hydrogens is 892 g/mol. The Balaban J connectivity index is 1.07. The van der Waals surface area contributed by atoms with Gasteiger partial charge in [-0.15, -0.1) is 0 Å².